The van der Waals surface area contributed by atoms with E-state index in [9.17, 15) is 32.7 Å². The smallest absolute Gasteiger partial charge is 0.416 e. The lowest BCUT2D eigenvalue weighted by Gasteiger charge is -2.36. The summed E-state index contributed by atoms with van der Waals surface area (Å²) in [5.74, 6) is -1.38. The number of rotatable bonds is 5. The highest BCUT2D eigenvalue weighted by molar-refractivity contribution is 6.33. The van der Waals surface area contributed by atoms with Gasteiger partial charge in [0.15, 0.2) is 17.3 Å². The highest BCUT2D eigenvalue weighted by Gasteiger charge is 2.41. The number of halogens is 4. The van der Waals surface area contributed by atoms with E-state index < -0.39 is 35.2 Å². The van der Waals surface area contributed by atoms with Crippen LogP contribution >= 0.6 is 11.6 Å². The number of hydrogen-bond donors (Lipinski definition) is 2. The van der Waals surface area contributed by atoms with Gasteiger partial charge in [0.05, 0.1) is 39.4 Å². The molecule has 2 N–H and O–H groups in total. The number of alkyl halides is 3. The molecule has 278 valence electrons. The molecule has 0 bridgehead atoms. The molecule has 1 fully saturated rings. The Labute approximate surface area is 308 Å². The predicted octanol–water partition coefficient (Wildman–Crippen LogP) is 4.57. The fraction of sp³-hybridized carbons (Fsp3) is 0.314. The number of hydrogen-bond acceptors (Lipinski definition) is 10. The average Bonchev–Trinajstić information content (AvgIpc) is 3.85. The van der Waals surface area contributed by atoms with Crippen molar-refractivity contribution in [1.29, 1.82) is 0 Å². The van der Waals surface area contributed by atoms with Gasteiger partial charge in [-0.05, 0) is 49.7 Å². The molecule has 6 heterocycles. The van der Waals surface area contributed by atoms with Gasteiger partial charge in [-0.25, -0.2) is 9.97 Å². The molecule has 2 aromatic carbocycles. The second kappa shape index (κ2) is 12.8. The number of piperazine rings is 1. The number of fused-ring (bicyclic) bond motifs is 4. The van der Waals surface area contributed by atoms with Crippen LogP contribution in [0.2, 0.25) is 5.02 Å². The van der Waals surface area contributed by atoms with E-state index in [0.29, 0.717) is 11.3 Å². The predicted molar refractivity (Wildman–Crippen MR) is 191 cm³/mol. The molecule has 2 amide bonds. The van der Waals surface area contributed by atoms with E-state index >= 15 is 0 Å². The topological polar surface area (TPSA) is 169 Å². The third-order valence-corrected chi connectivity index (χ3v) is 10.3. The van der Waals surface area contributed by atoms with Gasteiger partial charge in [-0.2, -0.15) is 27.8 Å². The summed E-state index contributed by atoms with van der Waals surface area (Å²) in [7, 11) is 1.82. The fourth-order valence-corrected chi connectivity index (χ4v) is 7.45. The molecular formula is C35H31ClF3N11O4. The summed E-state index contributed by atoms with van der Waals surface area (Å²) in [4.78, 5) is 57.9. The number of nitrogens with zero attached hydrogens (tertiary/aromatic N) is 10. The second-order valence-electron chi connectivity index (χ2n) is 13.4. The van der Waals surface area contributed by atoms with E-state index in [4.69, 9.17) is 16.6 Å². The Hall–Kier alpha value is -6.04. The minimum absolute atomic E-state index is 0.00862. The fourth-order valence-electron chi connectivity index (χ4n) is 7.22. The number of carbonyl (C=O) groups is 2. The molecule has 2 aliphatic heterocycles. The Morgan fingerprint density at radius 1 is 1.06 bits per heavy atom. The zero-order valence-corrected chi connectivity index (χ0v) is 29.7. The van der Waals surface area contributed by atoms with Crippen molar-refractivity contribution in [2.24, 2.45) is 7.05 Å². The van der Waals surface area contributed by atoms with Gasteiger partial charge < -0.3 is 20.2 Å². The van der Waals surface area contributed by atoms with Crippen LogP contribution in [0.15, 0.2) is 53.7 Å². The highest BCUT2D eigenvalue weighted by atomic mass is 35.5. The first-order valence-electron chi connectivity index (χ1n) is 16.9. The van der Waals surface area contributed by atoms with Crippen LogP contribution in [0.4, 0.5) is 24.5 Å². The van der Waals surface area contributed by atoms with Gasteiger partial charge in [0.2, 0.25) is 11.7 Å². The van der Waals surface area contributed by atoms with Gasteiger partial charge in [0, 0.05) is 50.1 Å². The molecule has 8 rings (SSSR count). The zero-order chi connectivity index (χ0) is 38.2. The first-order valence-corrected chi connectivity index (χ1v) is 17.3. The summed E-state index contributed by atoms with van der Waals surface area (Å²) >= 11 is 6.21. The Bertz CT molecular complexity index is 2580. The van der Waals surface area contributed by atoms with Crippen molar-refractivity contribution in [2.45, 2.75) is 38.4 Å². The number of anilines is 2. The molecule has 0 aliphatic carbocycles. The molecule has 15 nitrogen and oxygen atoms in total. The third-order valence-electron chi connectivity index (χ3n) is 10.0. The second-order valence-corrected chi connectivity index (χ2v) is 13.8. The van der Waals surface area contributed by atoms with Gasteiger partial charge in [-0.1, -0.05) is 18.5 Å². The van der Waals surface area contributed by atoms with Gasteiger partial charge in [-0.15, -0.1) is 5.10 Å². The van der Waals surface area contributed by atoms with Gasteiger partial charge in [0.1, 0.15) is 18.1 Å². The summed E-state index contributed by atoms with van der Waals surface area (Å²) < 4.78 is 44.5. The molecule has 19 heteroatoms. The molecule has 2 aliphatic rings. The van der Waals surface area contributed by atoms with Crippen LogP contribution in [0.25, 0.3) is 28.1 Å². The molecule has 0 unspecified atom stereocenters. The van der Waals surface area contributed by atoms with Crippen molar-refractivity contribution in [1.82, 2.24) is 43.8 Å². The average molecular weight is 762 g/mol. The van der Waals surface area contributed by atoms with E-state index in [1.54, 1.807) is 22.4 Å². The lowest BCUT2D eigenvalue weighted by molar-refractivity contribution is -0.137. The van der Waals surface area contributed by atoms with Crippen molar-refractivity contribution in [3.63, 3.8) is 0 Å². The molecule has 6 aromatic rings. The van der Waals surface area contributed by atoms with Gasteiger partial charge in [-0.3, -0.25) is 23.6 Å². The Morgan fingerprint density at radius 2 is 1.81 bits per heavy atom. The lowest BCUT2D eigenvalue weighted by atomic mass is 10.0. The highest BCUT2D eigenvalue weighted by Crippen LogP contribution is 2.42. The molecular weight excluding hydrogens is 731 g/mol. The van der Waals surface area contributed by atoms with Crippen molar-refractivity contribution < 1.29 is 27.9 Å². The van der Waals surface area contributed by atoms with Crippen LogP contribution < -0.4 is 15.8 Å². The van der Waals surface area contributed by atoms with E-state index in [2.05, 4.69) is 25.5 Å². The van der Waals surface area contributed by atoms with E-state index in [-0.39, 0.29) is 83.7 Å². The maximum Gasteiger partial charge on any atom is 0.416 e. The Kier molecular flexibility index (Phi) is 8.31. The summed E-state index contributed by atoms with van der Waals surface area (Å²) in [6.45, 7) is 4.28. The van der Waals surface area contributed by atoms with Crippen LogP contribution in [0.3, 0.4) is 0 Å². The number of aromatic hydroxyl groups is 1. The largest absolute Gasteiger partial charge is 0.504 e. The van der Waals surface area contributed by atoms with Crippen LogP contribution in [0, 0.1) is 6.92 Å². The number of aryl methyl sites for hydroxylation is 2. The SMILES string of the molecule is Cc1ncnc(C(=O)N2CCN(c3c4n(c5nc(-c6ccc7c(cnn7C)c6)nn5c3=O)[C@@H](C(=O)Nc3ccc(C(F)(F)F)cc3Cl)C[C@H]4C)CC2)c1O. The van der Waals surface area contributed by atoms with Crippen molar-refractivity contribution in [3.05, 3.63) is 86.9 Å². The third kappa shape index (κ3) is 5.76. The summed E-state index contributed by atoms with van der Waals surface area (Å²) in [5.41, 5.74) is 0.999. The molecule has 4 aromatic heterocycles. The van der Waals surface area contributed by atoms with Crippen molar-refractivity contribution >= 4 is 51.5 Å². The molecule has 2 atom stereocenters. The standard InChI is InChI=1S/C35H31ClF3N11O4/c1-17-12-25(31(52)43-23-6-5-21(14-22(23)36)35(37,38)39)49-27(17)28(47-8-10-48(11-9-47)32(53)26-29(51)18(2)40-16-41-26)33(54)50-34(49)44-30(45-50)19-4-7-24-20(13-19)15-42-46(24)3/h4-7,13-17,25,51H,8-12H2,1-3H3,(H,43,52)/t17-,25-/m1/s1. The van der Waals surface area contributed by atoms with Crippen molar-refractivity contribution in [3.8, 4) is 17.1 Å². The maximum absolute atomic E-state index is 14.5. The van der Waals surface area contributed by atoms with Crippen LogP contribution in [-0.2, 0) is 18.0 Å². The first-order chi connectivity index (χ1) is 25.7. The monoisotopic (exact) mass is 761 g/mol. The number of nitrogens with one attached hydrogen (secondary N) is 1. The molecule has 1 saturated heterocycles. The van der Waals surface area contributed by atoms with Crippen molar-refractivity contribution in [2.75, 3.05) is 36.4 Å². The normalized spacial score (nSPS) is 17.4. The molecule has 0 spiro atoms. The van der Waals surface area contributed by atoms with Gasteiger partial charge >= 0.3 is 6.18 Å². The van der Waals surface area contributed by atoms with E-state index in [1.165, 1.54) is 11.2 Å². The van der Waals surface area contributed by atoms with E-state index in [1.807, 2.05) is 37.1 Å². The number of benzene rings is 2. The summed E-state index contributed by atoms with van der Waals surface area (Å²) in [6, 6.07) is 7.24. The Morgan fingerprint density at radius 3 is 2.54 bits per heavy atom. The zero-order valence-electron chi connectivity index (χ0n) is 29.0. The number of carbonyl (C=O) groups excluding carboxylic acids is 2. The summed E-state index contributed by atoms with van der Waals surface area (Å²) in [5, 5.41) is 22.6. The minimum Gasteiger partial charge on any atom is -0.504 e. The first kappa shape index (κ1) is 35.0. The quantitative estimate of drug-likeness (QED) is 0.254. The maximum atomic E-state index is 14.5. The number of aromatic nitrogens is 8. The number of amides is 2. The van der Waals surface area contributed by atoms with Gasteiger partial charge in [0.25, 0.3) is 11.5 Å². The molecule has 0 radical (unpaired) electrons. The summed E-state index contributed by atoms with van der Waals surface area (Å²) in [6.07, 6.45) is -1.49. The Balaban J connectivity index is 1.20. The van der Waals surface area contributed by atoms with Crippen LogP contribution in [0.5, 0.6) is 5.75 Å². The molecule has 0 saturated carbocycles. The lowest BCUT2D eigenvalue weighted by Crippen LogP contribution is -2.51. The van der Waals surface area contributed by atoms with E-state index in [0.717, 1.165) is 33.6 Å². The van der Waals surface area contributed by atoms with Crippen LogP contribution in [0.1, 0.15) is 52.7 Å². The van der Waals surface area contributed by atoms with Crippen LogP contribution in [-0.4, -0.2) is 86.9 Å². The molecule has 54 heavy (non-hydrogen) atoms. The minimum atomic E-state index is -4.62.